The molecule has 0 fully saturated rings. The molecule has 1 aromatic rings. The van der Waals surface area contributed by atoms with E-state index in [2.05, 4.69) is 14.5 Å². The Balaban J connectivity index is 2.95. The van der Waals surface area contributed by atoms with Crippen LogP contribution in [0.3, 0.4) is 0 Å². The minimum Gasteiger partial charge on any atom is -0.390 e. The fraction of sp³-hybridized carbons (Fsp3) is 0.167. The largest absolute Gasteiger partial charge is 0.390 e. The zero-order chi connectivity index (χ0) is 14.4. The van der Waals surface area contributed by atoms with Crippen molar-refractivity contribution in [3.8, 4) is 0 Å². The van der Waals surface area contributed by atoms with Gasteiger partial charge in [-0.25, -0.2) is 24.2 Å². The maximum Gasteiger partial charge on any atom is 0.387 e. The van der Waals surface area contributed by atoms with Crippen LogP contribution in [0, 0.1) is 0 Å². The van der Waals surface area contributed by atoms with Crippen LogP contribution in [0.4, 0.5) is 0 Å². The van der Waals surface area contributed by atoms with Gasteiger partial charge in [0.05, 0.1) is 11.1 Å². The van der Waals surface area contributed by atoms with Crippen molar-refractivity contribution in [2.75, 3.05) is 0 Å². The molecule has 0 spiro atoms. The zero-order valence-electron chi connectivity index (χ0n) is 10.2. The fourth-order valence-corrected chi connectivity index (χ4v) is 1.17. The summed E-state index contributed by atoms with van der Waals surface area (Å²) in [5, 5.41) is 0. The standard InChI is InChI=1S/C12H10O7/c1-7(13)17-11(15)9-5-3-4-6-10(9)12(16)19-18-8(2)14/h3-6H,1-2H3. The van der Waals surface area contributed by atoms with Crippen molar-refractivity contribution < 1.29 is 33.7 Å². The van der Waals surface area contributed by atoms with Crippen molar-refractivity contribution in [3.05, 3.63) is 35.4 Å². The molecule has 0 saturated carbocycles. The number of rotatable bonds is 2. The Bertz CT molecular complexity index is 533. The Hall–Kier alpha value is -2.70. The highest BCUT2D eigenvalue weighted by molar-refractivity contribution is 6.05. The Morgan fingerprint density at radius 3 is 1.79 bits per heavy atom. The van der Waals surface area contributed by atoms with Crippen LogP contribution in [0.15, 0.2) is 24.3 Å². The molecule has 0 aliphatic carbocycles. The smallest absolute Gasteiger partial charge is 0.387 e. The Kier molecular flexibility index (Phi) is 4.76. The summed E-state index contributed by atoms with van der Waals surface area (Å²) in [6.45, 7) is 2.10. The lowest BCUT2D eigenvalue weighted by Crippen LogP contribution is -2.16. The van der Waals surface area contributed by atoms with Crippen LogP contribution in [0.5, 0.6) is 0 Å². The number of carbonyl (C=O) groups excluding carboxylic acids is 4. The zero-order valence-corrected chi connectivity index (χ0v) is 10.2. The van der Waals surface area contributed by atoms with E-state index in [0.717, 1.165) is 13.8 Å². The Morgan fingerprint density at radius 1 is 0.789 bits per heavy atom. The predicted molar refractivity (Wildman–Crippen MR) is 59.7 cm³/mol. The molecular weight excluding hydrogens is 256 g/mol. The summed E-state index contributed by atoms with van der Waals surface area (Å²) in [4.78, 5) is 52.6. The molecule has 0 N–H and O–H groups in total. The number of benzene rings is 1. The summed E-state index contributed by atoms with van der Waals surface area (Å²) in [5.41, 5.74) is -0.357. The molecule has 0 aromatic heterocycles. The highest BCUT2D eigenvalue weighted by Crippen LogP contribution is 2.12. The van der Waals surface area contributed by atoms with Gasteiger partial charge in [0.15, 0.2) is 0 Å². The lowest BCUT2D eigenvalue weighted by atomic mass is 10.1. The molecule has 0 unspecified atom stereocenters. The van der Waals surface area contributed by atoms with E-state index in [1.165, 1.54) is 24.3 Å². The average Bonchev–Trinajstić information content (AvgIpc) is 2.35. The normalized spacial score (nSPS) is 9.37. The van der Waals surface area contributed by atoms with Crippen molar-refractivity contribution >= 4 is 23.9 Å². The van der Waals surface area contributed by atoms with Crippen LogP contribution in [0.2, 0.25) is 0 Å². The number of hydrogen-bond donors (Lipinski definition) is 0. The van der Waals surface area contributed by atoms with Gasteiger partial charge >= 0.3 is 23.9 Å². The molecule has 7 heteroatoms. The molecule has 0 aliphatic heterocycles. The highest BCUT2D eigenvalue weighted by atomic mass is 17.2. The van der Waals surface area contributed by atoms with E-state index in [1.54, 1.807) is 0 Å². The summed E-state index contributed by atoms with van der Waals surface area (Å²) in [6.07, 6.45) is 0. The van der Waals surface area contributed by atoms with Gasteiger partial charge in [0.1, 0.15) is 0 Å². The second kappa shape index (κ2) is 6.29. The van der Waals surface area contributed by atoms with Crippen LogP contribution in [0.25, 0.3) is 0 Å². The van der Waals surface area contributed by atoms with Gasteiger partial charge in [-0.2, -0.15) is 0 Å². The first kappa shape index (κ1) is 14.4. The summed E-state index contributed by atoms with van der Waals surface area (Å²) < 4.78 is 4.36. The summed E-state index contributed by atoms with van der Waals surface area (Å²) >= 11 is 0. The molecule has 7 nitrogen and oxygen atoms in total. The van der Waals surface area contributed by atoms with Crippen molar-refractivity contribution in [1.29, 1.82) is 0 Å². The highest BCUT2D eigenvalue weighted by Gasteiger charge is 2.21. The first-order valence-corrected chi connectivity index (χ1v) is 5.13. The number of esters is 2. The molecule has 0 radical (unpaired) electrons. The maximum absolute atomic E-state index is 11.6. The third-order valence-corrected chi connectivity index (χ3v) is 1.84. The lowest BCUT2D eigenvalue weighted by molar-refractivity contribution is -0.231. The summed E-state index contributed by atoms with van der Waals surface area (Å²) in [5.74, 6) is -3.68. The van der Waals surface area contributed by atoms with Gasteiger partial charge in [-0.1, -0.05) is 12.1 Å². The minimum absolute atomic E-state index is 0.171. The first-order chi connectivity index (χ1) is 8.91. The van der Waals surface area contributed by atoms with Crippen LogP contribution >= 0.6 is 0 Å². The quantitative estimate of drug-likeness (QED) is 0.341. The molecule has 0 saturated heterocycles. The van der Waals surface area contributed by atoms with Crippen molar-refractivity contribution in [3.63, 3.8) is 0 Å². The molecule has 0 atom stereocenters. The molecule has 0 heterocycles. The Morgan fingerprint density at radius 2 is 1.32 bits per heavy atom. The van der Waals surface area contributed by atoms with E-state index in [0.29, 0.717) is 0 Å². The molecule has 100 valence electrons. The van der Waals surface area contributed by atoms with E-state index in [1.807, 2.05) is 0 Å². The van der Waals surface area contributed by atoms with Gasteiger partial charge in [0.2, 0.25) is 0 Å². The lowest BCUT2D eigenvalue weighted by Gasteiger charge is -2.06. The molecule has 1 aromatic carbocycles. The minimum atomic E-state index is -1.05. The van der Waals surface area contributed by atoms with Gasteiger partial charge in [-0.15, -0.1) is 0 Å². The van der Waals surface area contributed by atoms with E-state index >= 15 is 0 Å². The first-order valence-electron chi connectivity index (χ1n) is 5.13. The summed E-state index contributed by atoms with van der Waals surface area (Å²) in [6, 6.07) is 5.48. The Labute approximate surface area is 108 Å². The molecule has 0 bridgehead atoms. The molecule has 19 heavy (non-hydrogen) atoms. The van der Waals surface area contributed by atoms with Crippen LogP contribution < -0.4 is 0 Å². The number of carbonyl (C=O) groups is 4. The van der Waals surface area contributed by atoms with Gasteiger partial charge < -0.3 is 4.74 Å². The molecular formula is C12H10O7. The third kappa shape index (κ3) is 4.23. The SMILES string of the molecule is CC(=O)OOC(=O)c1ccccc1C(=O)OC(C)=O. The van der Waals surface area contributed by atoms with Crippen molar-refractivity contribution in [1.82, 2.24) is 0 Å². The van der Waals surface area contributed by atoms with Gasteiger partial charge in [0, 0.05) is 13.8 Å². The van der Waals surface area contributed by atoms with Gasteiger partial charge in [-0.05, 0) is 12.1 Å². The second-order valence-corrected chi connectivity index (χ2v) is 3.37. The van der Waals surface area contributed by atoms with E-state index in [9.17, 15) is 19.2 Å². The molecule has 0 aliphatic rings. The van der Waals surface area contributed by atoms with E-state index in [-0.39, 0.29) is 11.1 Å². The summed E-state index contributed by atoms with van der Waals surface area (Å²) in [7, 11) is 0. The fourth-order valence-electron chi connectivity index (χ4n) is 1.17. The maximum atomic E-state index is 11.6. The second-order valence-electron chi connectivity index (χ2n) is 3.37. The third-order valence-electron chi connectivity index (χ3n) is 1.84. The van der Waals surface area contributed by atoms with Crippen LogP contribution in [0.1, 0.15) is 34.6 Å². The van der Waals surface area contributed by atoms with Crippen molar-refractivity contribution in [2.45, 2.75) is 13.8 Å². The van der Waals surface area contributed by atoms with Crippen molar-refractivity contribution in [2.24, 2.45) is 0 Å². The van der Waals surface area contributed by atoms with Crippen LogP contribution in [-0.4, -0.2) is 23.9 Å². The monoisotopic (exact) mass is 266 g/mol. The van der Waals surface area contributed by atoms with E-state index in [4.69, 9.17) is 0 Å². The average molecular weight is 266 g/mol. The number of hydrogen-bond acceptors (Lipinski definition) is 7. The molecule has 0 amide bonds. The van der Waals surface area contributed by atoms with Crippen LogP contribution in [-0.2, 0) is 24.1 Å². The predicted octanol–water partition coefficient (Wildman–Crippen LogP) is 1.02. The van der Waals surface area contributed by atoms with Gasteiger partial charge in [-0.3, -0.25) is 4.79 Å². The molecule has 1 rings (SSSR count). The van der Waals surface area contributed by atoms with E-state index < -0.39 is 23.9 Å². The topological polar surface area (TPSA) is 96.0 Å². The number of ether oxygens (including phenoxy) is 1. The van der Waals surface area contributed by atoms with Gasteiger partial charge in [0.25, 0.3) is 0 Å².